The van der Waals surface area contributed by atoms with Gasteiger partial charge in [-0.15, -0.1) is 0 Å². The largest absolute Gasteiger partial charge is 0.378 e. The lowest BCUT2D eigenvalue weighted by molar-refractivity contribution is -0.124. The number of nitrogens with zero attached hydrogens (tertiary/aromatic N) is 2. The highest BCUT2D eigenvalue weighted by atomic mass is 19.3. The first kappa shape index (κ1) is 18.3. The summed E-state index contributed by atoms with van der Waals surface area (Å²) in [6.45, 7) is 0.765. The van der Waals surface area contributed by atoms with E-state index in [2.05, 4.69) is 15.3 Å². The van der Waals surface area contributed by atoms with Crippen molar-refractivity contribution in [1.82, 2.24) is 15.3 Å². The van der Waals surface area contributed by atoms with Crippen LogP contribution in [-0.4, -0.2) is 35.1 Å². The molecule has 0 saturated carbocycles. The molecule has 1 aromatic heterocycles. The Hall–Kier alpha value is -2.45. The van der Waals surface area contributed by atoms with Crippen LogP contribution >= 0.6 is 0 Å². The summed E-state index contributed by atoms with van der Waals surface area (Å²) in [4.78, 5) is 21.1. The second kappa shape index (κ2) is 7.84. The van der Waals surface area contributed by atoms with Gasteiger partial charge in [-0.05, 0) is 18.1 Å². The van der Waals surface area contributed by atoms with Crippen molar-refractivity contribution in [2.45, 2.75) is 30.8 Å². The topological polar surface area (TPSA) is 90.1 Å². The molecule has 0 bridgehead atoms. The Labute approximate surface area is 149 Å². The summed E-state index contributed by atoms with van der Waals surface area (Å²) in [5, 5.41) is 2.92. The van der Waals surface area contributed by atoms with Gasteiger partial charge in [0, 0.05) is 31.0 Å². The molecular weight excluding hydrogens is 342 g/mol. The number of hydrogen-bond donors (Lipinski definition) is 2. The monoisotopic (exact) mass is 362 g/mol. The standard InChI is InChI=1S/C18H20F2N4O2/c19-15(20)13-4-2-12(3-5-13)10-14(21)16(25)24-18(6-9-26-11-18)17-22-7-1-8-23-17/h1-5,7-8,14-15H,6,9-11,21H2,(H,24,25). The van der Waals surface area contributed by atoms with E-state index in [1.165, 1.54) is 12.1 Å². The first-order valence-electron chi connectivity index (χ1n) is 8.30. The van der Waals surface area contributed by atoms with Gasteiger partial charge in [0.2, 0.25) is 5.91 Å². The molecule has 2 unspecified atom stereocenters. The molecule has 1 aliphatic rings. The maximum atomic E-state index is 12.6. The van der Waals surface area contributed by atoms with Crippen LogP contribution in [0, 0.1) is 0 Å². The van der Waals surface area contributed by atoms with Gasteiger partial charge in [-0.1, -0.05) is 24.3 Å². The molecule has 0 spiro atoms. The fourth-order valence-electron chi connectivity index (χ4n) is 2.92. The Morgan fingerprint density at radius 2 is 1.96 bits per heavy atom. The number of aromatic nitrogens is 2. The van der Waals surface area contributed by atoms with Crippen molar-refractivity contribution in [3.63, 3.8) is 0 Å². The Morgan fingerprint density at radius 1 is 1.27 bits per heavy atom. The highest BCUT2D eigenvalue weighted by Crippen LogP contribution is 2.28. The first-order valence-corrected chi connectivity index (χ1v) is 8.30. The third-order valence-corrected chi connectivity index (χ3v) is 4.40. The van der Waals surface area contributed by atoms with Gasteiger partial charge < -0.3 is 15.8 Å². The summed E-state index contributed by atoms with van der Waals surface area (Å²) in [6.07, 6.45) is 1.49. The van der Waals surface area contributed by atoms with Crippen molar-refractivity contribution in [2.75, 3.05) is 13.2 Å². The first-order chi connectivity index (χ1) is 12.5. The molecule has 0 radical (unpaired) electrons. The Bertz CT molecular complexity index is 735. The molecular formula is C18H20F2N4O2. The number of alkyl halides is 2. The molecule has 1 fully saturated rings. The molecule has 2 heterocycles. The van der Waals surface area contributed by atoms with Crippen LogP contribution in [0.3, 0.4) is 0 Å². The maximum Gasteiger partial charge on any atom is 0.263 e. The number of rotatable bonds is 6. The molecule has 138 valence electrons. The lowest BCUT2D eigenvalue weighted by Crippen LogP contribution is -2.53. The van der Waals surface area contributed by atoms with Crippen molar-refractivity contribution >= 4 is 5.91 Å². The van der Waals surface area contributed by atoms with Gasteiger partial charge in [-0.25, -0.2) is 18.7 Å². The van der Waals surface area contributed by atoms with Crippen LogP contribution in [0.25, 0.3) is 0 Å². The SMILES string of the molecule is NC(Cc1ccc(C(F)F)cc1)C(=O)NC1(c2ncccn2)CCOC1. The van der Waals surface area contributed by atoms with Gasteiger partial charge in [0.05, 0.1) is 12.6 Å². The zero-order chi connectivity index (χ0) is 18.6. The molecule has 2 atom stereocenters. The summed E-state index contributed by atoms with van der Waals surface area (Å²) in [5.74, 6) is 0.125. The van der Waals surface area contributed by atoms with Crippen LogP contribution in [-0.2, 0) is 21.5 Å². The quantitative estimate of drug-likeness (QED) is 0.817. The van der Waals surface area contributed by atoms with E-state index in [0.717, 1.165) is 0 Å². The summed E-state index contributed by atoms with van der Waals surface area (Å²) in [7, 11) is 0. The van der Waals surface area contributed by atoms with E-state index in [1.807, 2.05) is 0 Å². The van der Waals surface area contributed by atoms with E-state index in [-0.39, 0.29) is 24.5 Å². The summed E-state index contributed by atoms with van der Waals surface area (Å²) >= 11 is 0. The van der Waals surface area contributed by atoms with E-state index >= 15 is 0 Å². The van der Waals surface area contributed by atoms with E-state index in [9.17, 15) is 13.6 Å². The van der Waals surface area contributed by atoms with Crippen LogP contribution in [0.15, 0.2) is 42.7 Å². The lowest BCUT2D eigenvalue weighted by Gasteiger charge is -2.28. The summed E-state index contributed by atoms with van der Waals surface area (Å²) in [6, 6.07) is 6.67. The van der Waals surface area contributed by atoms with E-state index in [4.69, 9.17) is 10.5 Å². The van der Waals surface area contributed by atoms with Gasteiger partial charge in [0.15, 0.2) is 5.82 Å². The maximum absolute atomic E-state index is 12.6. The van der Waals surface area contributed by atoms with Crippen molar-refractivity contribution in [3.05, 3.63) is 59.7 Å². The number of nitrogens with one attached hydrogen (secondary N) is 1. The number of nitrogens with two attached hydrogens (primary N) is 1. The Balaban J connectivity index is 1.68. The number of ether oxygens (including phenoxy) is 1. The third kappa shape index (κ3) is 4.03. The minimum atomic E-state index is -2.52. The molecule has 3 rings (SSSR count). The Kier molecular flexibility index (Phi) is 5.53. The molecule has 1 aliphatic heterocycles. The summed E-state index contributed by atoms with van der Waals surface area (Å²) < 4.78 is 30.7. The highest BCUT2D eigenvalue weighted by molar-refractivity contribution is 5.82. The second-order valence-electron chi connectivity index (χ2n) is 6.30. The second-order valence-corrected chi connectivity index (χ2v) is 6.30. The zero-order valence-corrected chi connectivity index (χ0v) is 14.1. The van der Waals surface area contributed by atoms with Crippen LogP contribution in [0.2, 0.25) is 0 Å². The average molecular weight is 362 g/mol. The van der Waals surface area contributed by atoms with Crippen molar-refractivity contribution in [2.24, 2.45) is 5.73 Å². The van der Waals surface area contributed by atoms with Crippen LogP contribution in [0.1, 0.15) is 29.8 Å². The van der Waals surface area contributed by atoms with Crippen molar-refractivity contribution in [1.29, 1.82) is 0 Å². The van der Waals surface area contributed by atoms with Gasteiger partial charge in [0.1, 0.15) is 5.54 Å². The number of benzene rings is 1. The van der Waals surface area contributed by atoms with Gasteiger partial charge >= 0.3 is 0 Å². The minimum absolute atomic E-state index is 0.0601. The summed E-state index contributed by atoms with van der Waals surface area (Å²) in [5.41, 5.74) is 5.88. The number of halogens is 2. The predicted octanol–water partition coefficient (Wildman–Crippen LogP) is 1.72. The number of carbonyl (C=O) groups is 1. The third-order valence-electron chi connectivity index (χ3n) is 4.40. The van der Waals surface area contributed by atoms with E-state index < -0.39 is 18.0 Å². The smallest absolute Gasteiger partial charge is 0.263 e. The highest BCUT2D eigenvalue weighted by Gasteiger charge is 2.41. The molecule has 0 aliphatic carbocycles. The fourth-order valence-corrected chi connectivity index (χ4v) is 2.92. The normalized spacial score (nSPS) is 20.9. The van der Waals surface area contributed by atoms with Gasteiger partial charge in [-0.3, -0.25) is 4.79 Å². The molecule has 8 heteroatoms. The zero-order valence-electron chi connectivity index (χ0n) is 14.1. The molecule has 3 N–H and O–H groups in total. The van der Waals surface area contributed by atoms with Crippen LogP contribution < -0.4 is 11.1 Å². The lowest BCUT2D eigenvalue weighted by atomic mass is 9.96. The minimum Gasteiger partial charge on any atom is -0.378 e. The van der Waals surface area contributed by atoms with Crippen LogP contribution in [0.4, 0.5) is 8.78 Å². The number of hydrogen-bond acceptors (Lipinski definition) is 5. The van der Waals surface area contributed by atoms with Gasteiger partial charge in [0.25, 0.3) is 6.43 Å². The predicted molar refractivity (Wildman–Crippen MR) is 90.4 cm³/mol. The van der Waals surface area contributed by atoms with Crippen LogP contribution in [0.5, 0.6) is 0 Å². The number of carbonyl (C=O) groups excluding carboxylic acids is 1. The fraction of sp³-hybridized carbons (Fsp3) is 0.389. The molecule has 1 amide bonds. The molecule has 26 heavy (non-hydrogen) atoms. The Morgan fingerprint density at radius 3 is 2.54 bits per heavy atom. The number of amides is 1. The molecule has 1 saturated heterocycles. The van der Waals surface area contributed by atoms with E-state index in [1.54, 1.807) is 30.6 Å². The van der Waals surface area contributed by atoms with Crippen molar-refractivity contribution in [3.8, 4) is 0 Å². The van der Waals surface area contributed by atoms with E-state index in [0.29, 0.717) is 24.4 Å². The average Bonchev–Trinajstić information content (AvgIpc) is 3.12. The molecule has 2 aromatic rings. The van der Waals surface area contributed by atoms with Gasteiger partial charge in [-0.2, -0.15) is 0 Å². The van der Waals surface area contributed by atoms with Crippen molar-refractivity contribution < 1.29 is 18.3 Å². The molecule has 1 aromatic carbocycles. The molecule has 6 nitrogen and oxygen atoms in total.